The molecule has 1 N–H and O–H groups in total. The fourth-order valence-corrected chi connectivity index (χ4v) is 1.76. The second-order valence-corrected chi connectivity index (χ2v) is 4.12. The molecule has 1 fully saturated rings. The van der Waals surface area contributed by atoms with Crippen molar-refractivity contribution in [2.45, 2.75) is 12.5 Å². The third-order valence-electron chi connectivity index (χ3n) is 2.21. The molecule has 2 rings (SSSR count). The molecule has 2 nitrogen and oxygen atoms in total. The Balaban J connectivity index is 2.05. The van der Waals surface area contributed by atoms with Gasteiger partial charge in [0.05, 0.1) is 10.0 Å². The van der Waals surface area contributed by atoms with Gasteiger partial charge in [0, 0.05) is 12.6 Å². The van der Waals surface area contributed by atoms with Crippen molar-refractivity contribution in [3.63, 3.8) is 0 Å². The van der Waals surface area contributed by atoms with Crippen molar-refractivity contribution in [2.24, 2.45) is 0 Å². The summed E-state index contributed by atoms with van der Waals surface area (Å²) >= 11 is 11.7. The SMILES string of the molecule is Clc1ccc(O[C@H]2CCNC2)cc1Cl. The van der Waals surface area contributed by atoms with Crippen LogP contribution in [0.1, 0.15) is 6.42 Å². The summed E-state index contributed by atoms with van der Waals surface area (Å²) in [5, 5.41) is 4.33. The van der Waals surface area contributed by atoms with Gasteiger partial charge in [-0.3, -0.25) is 0 Å². The van der Waals surface area contributed by atoms with Gasteiger partial charge in [-0.1, -0.05) is 23.2 Å². The molecule has 1 aromatic rings. The van der Waals surface area contributed by atoms with E-state index in [2.05, 4.69) is 5.32 Å². The molecule has 14 heavy (non-hydrogen) atoms. The highest BCUT2D eigenvalue weighted by Crippen LogP contribution is 2.27. The molecule has 0 aliphatic carbocycles. The van der Waals surface area contributed by atoms with Gasteiger partial charge in [0.2, 0.25) is 0 Å². The number of nitrogens with one attached hydrogen (secondary N) is 1. The molecule has 0 bridgehead atoms. The minimum Gasteiger partial charge on any atom is -0.489 e. The average molecular weight is 232 g/mol. The van der Waals surface area contributed by atoms with Gasteiger partial charge in [-0.2, -0.15) is 0 Å². The van der Waals surface area contributed by atoms with E-state index in [1.54, 1.807) is 12.1 Å². The van der Waals surface area contributed by atoms with Crippen molar-refractivity contribution in [3.05, 3.63) is 28.2 Å². The van der Waals surface area contributed by atoms with E-state index in [-0.39, 0.29) is 6.10 Å². The number of hydrogen-bond acceptors (Lipinski definition) is 2. The van der Waals surface area contributed by atoms with Crippen LogP contribution in [-0.4, -0.2) is 19.2 Å². The molecule has 1 aliphatic heterocycles. The van der Waals surface area contributed by atoms with Crippen LogP contribution in [0.4, 0.5) is 0 Å². The zero-order valence-corrected chi connectivity index (χ0v) is 9.11. The maximum Gasteiger partial charge on any atom is 0.121 e. The van der Waals surface area contributed by atoms with Crippen LogP contribution in [0, 0.1) is 0 Å². The van der Waals surface area contributed by atoms with Crippen LogP contribution in [0.5, 0.6) is 5.75 Å². The van der Waals surface area contributed by atoms with Crippen LogP contribution >= 0.6 is 23.2 Å². The lowest BCUT2D eigenvalue weighted by Gasteiger charge is -2.12. The van der Waals surface area contributed by atoms with Crippen molar-refractivity contribution in [1.82, 2.24) is 5.32 Å². The molecule has 0 aromatic heterocycles. The van der Waals surface area contributed by atoms with Crippen molar-refractivity contribution in [3.8, 4) is 5.75 Å². The molecule has 76 valence electrons. The fourth-order valence-electron chi connectivity index (χ4n) is 1.47. The molecular formula is C10H11Cl2NO. The molecule has 0 saturated carbocycles. The van der Waals surface area contributed by atoms with Gasteiger partial charge >= 0.3 is 0 Å². The number of hydrogen-bond donors (Lipinski definition) is 1. The van der Waals surface area contributed by atoms with Crippen molar-refractivity contribution in [2.75, 3.05) is 13.1 Å². The van der Waals surface area contributed by atoms with E-state index in [0.29, 0.717) is 10.0 Å². The summed E-state index contributed by atoms with van der Waals surface area (Å²) in [5.41, 5.74) is 0. The summed E-state index contributed by atoms with van der Waals surface area (Å²) in [6.45, 7) is 1.92. The minimum atomic E-state index is 0.257. The summed E-state index contributed by atoms with van der Waals surface area (Å²) < 4.78 is 5.71. The normalized spacial score (nSPS) is 21.1. The molecule has 0 unspecified atom stereocenters. The maximum atomic E-state index is 5.87. The second-order valence-electron chi connectivity index (χ2n) is 3.31. The molecule has 0 spiro atoms. The number of ether oxygens (including phenoxy) is 1. The first-order valence-corrected chi connectivity index (χ1v) is 5.34. The highest BCUT2D eigenvalue weighted by Gasteiger charge is 2.15. The molecular weight excluding hydrogens is 221 g/mol. The topological polar surface area (TPSA) is 21.3 Å². The largest absolute Gasteiger partial charge is 0.489 e. The predicted molar refractivity (Wildman–Crippen MR) is 58.4 cm³/mol. The molecule has 1 aromatic carbocycles. The summed E-state index contributed by atoms with van der Waals surface area (Å²) in [6, 6.07) is 5.34. The van der Waals surface area contributed by atoms with Crippen LogP contribution in [-0.2, 0) is 0 Å². The maximum absolute atomic E-state index is 5.87. The molecule has 0 amide bonds. The summed E-state index contributed by atoms with van der Waals surface area (Å²) in [4.78, 5) is 0. The van der Waals surface area contributed by atoms with E-state index in [0.717, 1.165) is 25.3 Å². The Labute approximate surface area is 93.2 Å². The van der Waals surface area contributed by atoms with Gasteiger partial charge < -0.3 is 10.1 Å². The Kier molecular flexibility index (Phi) is 3.16. The quantitative estimate of drug-likeness (QED) is 0.846. The van der Waals surface area contributed by atoms with E-state index in [4.69, 9.17) is 27.9 Å². The van der Waals surface area contributed by atoms with E-state index >= 15 is 0 Å². The predicted octanol–water partition coefficient (Wildman–Crippen LogP) is 2.73. The monoisotopic (exact) mass is 231 g/mol. The zero-order valence-electron chi connectivity index (χ0n) is 7.59. The lowest BCUT2D eigenvalue weighted by Crippen LogP contribution is -2.19. The molecule has 1 saturated heterocycles. The molecule has 4 heteroatoms. The lowest BCUT2D eigenvalue weighted by molar-refractivity contribution is 0.223. The highest BCUT2D eigenvalue weighted by molar-refractivity contribution is 6.42. The summed E-state index contributed by atoms with van der Waals surface area (Å²) in [5.74, 6) is 0.785. The van der Waals surface area contributed by atoms with Gasteiger partial charge in [0.25, 0.3) is 0 Å². The van der Waals surface area contributed by atoms with Gasteiger partial charge in [-0.05, 0) is 25.1 Å². The number of halogens is 2. The molecule has 1 aliphatic rings. The van der Waals surface area contributed by atoms with Crippen LogP contribution in [0.15, 0.2) is 18.2 Å². The average Bonchev–Trinajstić information content (AvgIpc) is 2.64. The van der Waals surface area contributed by atoms with Crippen LogP contribution in [0.3, 0.4) is 0 Å². The number of benzene rings is 1. The third-order valence-corrected chi connectivity index (χ3v) is 2.95. The lowest BCUT2D eigenvalue weighted by atomic mass is 10.3. The van der Waals surface area contributed by atoms with Crippen LogP contribution < -0.4 is 10.1 Å². The summed E-state index contributed by atoms with van der Waals surface area (Å²) in [7, 11) is 0. The Morgan fingerprint density at radius 2 is 2.14 bits per heavy atom. The number of rotatable bonds is 2. The first-order valence-electron chi connectivity index (χ1n) is 4.58. The van der Waals surface area contributed by atoms with Crippen molar-refractivity contribution < 1.29 is 4.74 Å². The first-order chi connectivity index (χ1) is 6.75. The van der Waals surface area contributed by atoms with Gasteiger partial charge in [0.1, 0.15) is 11.9 Å². The van der Waals surface area contributed by atoms with Crippen LogP contribution in [0.2, 0.25) is 10.0 Å². The smallest absolute Gasteiger partial charge is 0.121 e. The minimum absolute atomic E-state index is 0.257. The standard InChI is InChI=1S/C10H11Cl2NO/c11-9-2-1-7(5-10(9)12)14-8-3-4-13-6-8/h1-2,5,8,13H,3-4,6H2/t8-/m0/s1. The third kappa shape index (κ3) is 2.32. The van der Waals surface area contributed by atoms with Gasteiger partial charge in [0.15, 0.2) is 0 Å². The van der Waals surface area contributed by atoms with Gasteiger partial charge in [-0.15, -0.1) is 0 Å². The second kappa shape index (κ2) is 4.39. The Morgan fingerprint density at radius 3 is 2.79 bits per heavy atom. The summed E-state index contributed by atoms with van der Waals surface area (Å²) in [6.07, 6.45) is 1.30. The van der Waals surface area contributed by atoms with E-state index in [1.807, 2.05) is 6.07 Å². The fraction of sp³-hybridized carbons (Fsp3) is 0.400. The van der Waals surface area contributed by atoms with E-state index in [9.17, 15) is 0 Å². The Morgan fingerprint density at radius 1 is 1.29 bits per heavy atom. The first kappa shape index (κ1) is 10.1. The highest BCUT2D eigenvalue weighted by atomic mass is 35.5. The molecule has 1 heterocycles. The van der Waals surface area contributed by atoms with Crippen molar-refractivity contribution in [1.29, 1.82) is 0 Å². The van der Waals surface area contributed by atoms with Gasteiger partial charge in [-0.25, -0.2) is 0 Å². The zero-order chi connectivity index (χ0) is 9.97. The van der Waals surface area contributed by atoms with Crippen molar-refractivity contribution >= 4 is 23.2 Å². The molecule has 1 atom stereocenters. The van der Waals surface area contributed by atoms with Crippen LogP contribution in [0.25, 0.3) is 0 Å². The Bertz CT molecular complexity index is 324. The van der Waals surface area contributed by atoms with E-state index < -0.39 is 0 Å². The molecule has 0 radical (unpaired) electrons. The Hall–Kier alpha value is -0.440. The van der Waals surface area contributed by atoms with E-state index in [1.165, 1.54) is 0 Å².